The number of hydrogen-bond acceptors (Lipinski definition) is 4. The number of nitrogens with zero attached hydrogens (tertiary/aromatic N) is 1. The summed E-state index contributed by atoms with van der Waals surface area (Å²) in [5.41, 5.74) is 0.100. The number of carbonyl (C=O) groups is 1. The Morgan fingerprint density at radius 2 is 2.32 bits per heavy atom. The van der Waals surface area contributed by atoms with Crippen LogP contribution in [0.5, 0.6) is 5.75 Å². The van der Waals surface area contributed by atoms with Crippen LogP contribution in [0.3, 0.4) is 0 Å². The normalized spacial score (nSPS) is 29.8. The molecule has 0 bridgehead atoms. The lowest BCUT2D eigenvalue weighted by molar-refractivity contribution is 0.0509. The van der Waals surface area contributed by atoms with Gasteiger partial charge in [0.25, 0.3) is 5.91 Å². The van der Waals surface area contributed by atoms with Gasteiger partial charge in [0.1, 0.15) is 5.75 Å². The van der Waals surface area contributed by atoms with Crippen LogP contribution in [0.2, 0.25) is 0 Å². The van der Waals surface area contributed by atoms with Gasteiger partial charge in [0, 0.05) is 24.8 Å². The van der Waals surface area contributed by atoms with E-state index in [9.17, 15) is 9.90 Å². The van der Waals surface area contributed by atoms with E-state index in [1.807, 2.05) is 0 Å². The first-order chi connectivity index (χ1) is 9.25. The van der Waals surface area contributed by atoms with E-state index >= 15 is 0 Å². The fraction of sp³-hybridized carbons (Fsp3) is 0.571. The Labute approximate surface area is 112 Å². The number of amides is 1. The lowest BCUT2D eigenvalue weighted by Gasteiger charge is -2.33. The van der Waals surface area contributed by atoms with Gasteiger partial charge in [-0.1, -0.05) is 0 Å². The Hall–Kier alpha value is -1.62. The highest BCUT2D eigenvalue weighted by Gasteiger charge is 2.38. The first-order valence-electron chi connectivity index (χ1n) is 6.82. The first kappa shape index (κ1) is 12.4. The molecule has 1 amide bonds. The Bertz CT molecular complexity index is 478. The minimum atomic E-state index is -0.296. The molecule has 1 saturated carbocycles. The molecule has 0 radical (unpaired) electrons. The molecule has 19 heavy (non-hydrogen) atoms. The third-order valence-corrected chi connectivity index (χ3v) is 4.10. The van der Waals surface area contributed by atoms with Gasteiger partial charge in [-0.05, 0) is 37.8 Å². The molecule has 2 aliphatic rings. The van der Waals surface area contributed by atoms with E-state index in [4.69, 9.17) is 4.74 Å². The number of carbonyl (C=O) groups excluding carboxylic acids is 1. The Balaban J connectivity index is 1.71. The van der Waals surface area contributed by atoms with Crippen molar-refractivity contribution >= 4 is 5.91 Å². The molecule has 0 unspecified atom stereocenters. The molecule has 1 aromatic heterocycles. The van der Waals surface area contributed by atoms with Crippen molar-refractivity contribution in [2.75, 3.05) is 6.61 Å². The van der Waals surface area contributed by atoms with Crippen molar-refractivity contribution in [3.05, 3.63) is 24.0 Å². The molecule has 3 rings (SSSR count). The standard InChI is InChI=1S/C14H18N2O3/c17-11-4-2-7-15-13(11)14(18)16-10-3-1-5-12-9(10)6-8-19-12/h2,4,7,9-10,12,17H,1,3,5-6,8H2,(H,16,18)/t9-,10-,12-/m1/s1. The number of ether oxygens (including phenoxy) is 1. The van der Waals surface area contributed by atoms with Crippen molar-refractivity contribution in [3.63, 3.8) is 0 Å². The van der Waals surface area contributed by atoms with Crippen LogP contribution < -0.4 is 5.32 Å². The van der Waals surface area contributed by atoms with Crippen molar-refractivity contribution < 1.29 is 14.6 Å². The van der Waals surface area contributed by atoms with Crippen molar-refractivity contribution in [2.24, 2.45) is 5.92 Å². The monoisotopic (exact) mass is 262 g/mol. The average Bonchev–Trinajstić information content (AvgIpc) is 2.88. The molecule has 5 heteroatoms. The Morgan fingerprint density at radius 3 is 3.16 bits per heavy atom. The van der Waals surface area contributed by atoms with E-state index in [2.05, 4.69) is 10.3 Å². The largest absolute Gasteiger partial charge is 0.505 e. The highest BCUT2D eigenvalue weighted by atomic mass is 16.5. The molecule has 1 aliphatic carbocycles. The lowest BCUT2D eigenvalue weighted by atomic mass is 9.82. The molecule has 1 aliphatic heterocycles. The fourth-order valence-corrected chi connectivity index (χ4v) is 3.16. The van der Waals surface area contributed by atoms with Crippen molar-refractivity contribution in [2.45, 2.75) is 37.8 Å². The second-order valence-electron chi connectivity index (χ2n) is 5.24. The van der Waals surface area contributed by atoms with Crippen LogP contribution >= 0.6 is 0 Å². The van der Waals surface area contributed by atoms with Crippen molar-refractivity contribution in [1.29, 1.82) is 0 Å². The van der Waals surface area contributed by atoms with Gasteiger partial charge in [0.05, 0.1) is 6.10 Å². The zero-order chi connectivity index (χ0) is 13.2. The summed E-state index contributed by atoms with van der Waals surface area (Å²) in [6, 6.07) is 3.22. The summed E-state index contributed by atoms with van der Waals surface area (Å²) in [7, 11) is 0. The number of aromatic nitrogens is 1. The molecule has 2 heterocycles. The number of rotatable bonds is 2. The maximum atomic E-state index is 12.1. The molecule has 3 atom stereocenters. The number of aromatic hydroxyl groups is 1. The predicted octanol–water partition coefficient (Wildman–Crippen LogP) is 1.47. The number of hydrogen-bond donors (Lipinski definition) is 2. The van der Waals surface area contributed by atoms with Gasteiger partial charge in [-0.2, -0.15) is 0 Å². The summed E-state index contributed by atoms with van der Waals surface area (Å²) < 4.78 is 5.68. The summed E-state index contributed by atoms with van der Waals surface area (Å²) in [5, 5.41) is 12.7. The van der Waals surface area contributed by atoms with Crippen LogP contribution in [0.15, 0.2) is 18.3 Å². The van der Waals surface area contributed by atoms with Gasteiger partial charge in [-0.3, -0.25) is 4.79 Å². The van der Waals surface area contributed by atoms with E-state index in [0.717, 1.165) is 32.3 Å². The number of fused-ring (bicyclic) bond motifs is 1. The maximum absolute atomic E-state index is 12.1. The van der Waals surface area contributed by atoms with Crippen LogP contribution in [0.4, 0.5) is 0 Å². The second-order valence-corrected chi connectivity index (χ2v) is 5.24. The SMILES string of the molecule is O=C(N[C@@H]1CCC[C@H]2OCC[C@H]12)c1ncccc1O. The molecule has 1 saturated heterocycles. The molecule has 5 nitrogen and oxygen atoms in total. The van der Waals surface area contributed by atoms with Gasteiger partial charge < -0.3 is 15.2 Å². The molecule has 0 aromatic carbocycles. The minimum Gasteiger partial charge on any atom is -0.505 e. The van der Waals surface area contributed by atoms with Crippen LogP contribution in [-0.2, 0) is 4.74 Å². The summed E-state index contributed by atoms with van der Waals surface area (Å²) in [6.07, 6.45) is 5.94. The van der Waals surface area contributed by atoms with Crippen LogP contribution in [0, 0.1) is 5.92 Å². The van der Waals surface area contributed by atoms with E-state index in [1.54, 1.807) is 6.07 Å². The third kappa shape index (κ3) is 2.42. The van der Waals surface area contributed by atoms with Crippen molar-refractivity contribution in [3.8, 4) is 5.75 Å². The number of nitrogens with one attached hydrogen (secondary N) is 1. The minimum absolute atomic E-state index is 0.0740. The van der Waals surface area contributed by atoms with Gasteiger partial charge >= 0.3 is 0 Å². The van der Waals surface area contributed by atoms with Gasteiger partial charge in [0.2, 0.25) is 0 Å². The highest BCUT2D eigenvalue weighted by molar-refractivity contribution is 5.94. The second kappa shape index (κ2) is 5.17. The highest BCUT2D eigenvalue weighted by Crippen LogP contribution is 2.34. The van der Waals surface area contributed by atoms with Gasteiger partial charge in [0.15, 0.2) is 5.69 Å². The molecule has 0 spiro atoms. The summed E-state index contributed by atoms with van der Waals surface area (Å²) in [4.78, 5) is 16.1. The Morgan fingerprint density at radius 1 is 1.42 bits per heavy atom. The molecule has 2 fully saturated rings. The Kier molecular flexibility index (Phi) is 3.38. The quantitative estimate of drug-likeness (QED) is 0.846. The maximum Gasteiger partial charge on any atom is 0.273 e. The average molecular weight is 262 g/mol. The molecule has 1 aromatic rings. The van der Waals surface area contributed by atoms with Gasteiger partial charge in [-0.25, -0.2) is 4.98 Å². The molecular weight excluding hydrogens is 244 g/mol. The summed E-state index contributed by atoms with van der Waals surface area (Å²) in [6.45, 7) is 0.788. The first-order valence-corrected chi connectivity index (χ1v) is 6.82. The smallest absolute Gasteiger partial charge is 0.273 e. The third-order valence-electron chi connectivity index (χ3n) is 4.10. The molecular formula is C14H18N2O3. The zero-order valence-corrected chi connectivity index (χ0v) is 10.7. The van der Waals surface area contributed by atoms with E-state index in [0.29, 0.717) is 5.92 Å². The topological polar surface area (TPSA) is 71.5 Å². The number of pyridine rings is 1. The van der Waals surface area contributed by atoms with Crippen molar-refractivity contribution in [1.82, 2.24) is 10.3 Å². The van der Waals surface area contributed by atoms with Gasteiger partial charge in [-0.15, -0.1) is 0 Å². The summed E-state index contributed by atoms with van der Waals surface area (Å²) in [5.74, 6) is 0.0363. The zero-order valence-electron chi connectivity index (χ0n) is 10.7. The van der Waals surface area contributed by atoms with Crippen LogP contribution in [0.25, 0.3) is 0 Å². The lowest BCUT2D eigenvalue weighted by Crippen LogP contribution is -2.45. The van der Waals surface area contributed by atoms with E-state index in [-0.39, 0.29) is 29.5 Å². The fourth-order valence-electron chi connectivity index (χ4n) is 3.16. The van der Waals surface area contributed by atoms with E-state index < -0.39 is 0 Å². The van der Waals surface area contributed by atoms with Crippen LogP contribution in [0.1, 0.15) is 36.2 Å². The molecule has 102 valence electrons. The predicted molar refractivity (Wildman–Crippen MR) is 68.9 cm³/mol. The summed E-state index contributed by atoms with van der Waals surface area (Å²) >= 11 is 0. The van der Waals surface area contributed by atoms with Crippen LogP contribution in [-0.4, -0.2) is 34.8 Å². The molecule has 2 N–H and O–H groups in total. The van der Waals surface area contributed by atoms with E-state index in [1.165, 1.54) is 12.3 Å².